The molecule has 2 rings (SSSR count). The van der Waals surface area contributed by atoms with E-state index in [4.69, 9.17) is 17.3 Å². The first-order valence-corrected chi connectivity index (χ1v) is 9.00. The van der Waals surface area contributed by atoms with Crippen LogP contribution in [-0.4, -0.2) is 17.7 Å². The lowest BCUT2D eigenvalue weighted by molar-refractivity contribution is -0.119. The predicted octanol–water partition coefficient (Wildman–Crippen LogP) is 4.14. The fourth-order valence-electron chi connectivity index (χ4n) is 2.28. The minimum Gasteiger partial charge on any atom is -0.351 e. The molecule has 0 aliphatic heterocycles. The highest BCUT2D eigenvalue weighted by Gasteiger charge is 2.15. The summed E-state index contributed by atoms with van der Waals surface area (Å²) in [5, 5.41) is 2.95. The minimum atomic E-state index is -0.809. The molecule has 0 heterocycles. The Morgan fingerprint density at radius 2 is 1.67 bits per heavy atom. The molecule has 2 aromatic rings. The molecule has 0 saturated heterocycles. The van der Waals surface area contributed by atoms with Crippen molar-refractivity contribution in [1.82, 2.24) is 5.32 Å². The van der Waals surface area contributed by atoms with Crippen LogP contribution in [0.3, 0.4) is 0 Å². The zero-order chi connectivity index (χ0) is 17.4. The number of hydrogen-bond acceptors (Lipinski definition) is 3. The molecular formula is C18H19ClN2O2S. The summed E-state index contributed by atoms with van der Waals surface area (Å²) in [6.45, 7) is 0. The van der Waals surface area contributed by atoms with Crippen molar-refractivity contribution in [3.63, 3.8) is 0 Å². The maximum atomic E-state index is 11.4. The molecule has 0 radical (unpaired) electrons. The molecule has 0 spiro atoms. The lowest BCUT2D eigenvalue weighted by Crippen LogP contribution is -2.34. The van der Waals surface area contributed by atoms with Crippen LogP contribution >= 0.6 is 23.4 Å². The third-order valence-electron chi connectivity index (χ3n) is 3.37. The molecule has 4 nitrogen and oxygen atoms in total. The van der Waals surface area contributed by atoms with Crippen LogP contribution < -0.4 is 11.1 Å². The molecule has 0 saturated carbocycles. The van der Waals surface area contributed by atoms with E-state index in [1.54, 1.807) is 11.8 Å². The number of thioether (sulfide) groups is 1. The molecule has 126 valence electrons. The Hall–Kier alpha value is -1.98. The number of imide groups is 1. The van der Waals surface area contributed by atoms with E-state index in [1.807, 2.05) is 42.5 Å². The normalized spacial score (nSPS) is 11.7. The molecule has 1 atom stereocenters. The maximum absolute atomic E-state index is 11.4. The second-order valence-electron chi connectivity index (χ2n) is 5.23. The second-order valence-corrected chi connectivity index (χ2v) is 6.88. The minimum absolute atomic E-state index is 0.169. The highest BCUT2D eigenvalue weighted by Crippen LogP contribution is 2.36. The molecule has 3 N–H and O–H groups in total. The number of carbonyl (C=O) groups is 2. The lowest BCUT2D eigenvalue weighted by Gasteiger charge is -2.18. The van der Waals surface area contributed by atoms with E-state index in [0.717, 1.165) is 11.3 Å². The number of carbonyl (C=O) groups excluding carboxylic acids is 2. The summed E-state index contributed by atoms with van der Waals surface area (Å²) in [6, 6.07) is 17.2. The number of benzene rings is 2. The Labute approximate surface area is 150 Å². The Balaban J connectivity index is 1.98. The van der Waals surface area contributed by atoms with E-state index in [0.29, 0.717) is 11.4 Å². The van der Waals surface area contributed by atoms with Gasteiger partial charge in [0.15, 0.2) is 0 Å². The maximum Gasteiger partial charge on any atom is 0.318 e. The molecular weight excluding hydrogens is 344 g/mol. The van der Waals surface area contributed by atoms with Gasteiger partial charge in [0.2, 0.25) is 5.91 Å². The molecule has 0 aliphatic rings. The third kappa shape index (κ3) is 5.91. The van der Waals surface area contributed by atoms with Crippen molar-refractivity contribution in [1.29, 1.82) is 0 Å². The third-order valence-corrected chi connectivity index (χ3v) is 5.02. The van der Waals surface area contributed by atoms with Gasteiger partial charge in [0, 0.05) is 11.4 Å². The van der Waals surface area contributed by atoms with Gasteiger partial charge in [-0.15, -0.1) is 11.8 Å². The lowest BCUT2D eigenvalue weighted by atomic mass is 10.0. The van der Waals surface area contributed by atoms with Crippen LogP contribution in [-0.2, 0) is 4.79 Å². The van der Waals surface area contributed by atoms with Gasteiger partial charge in [0.05, 0.1) is 5.25 Å². The molecule has 2 aromatic carbocycles. The van der Waals surface area contributed by atoms with Crippen LogP contribution in [0.15, 0.2) is 54.6 Å². The summed E-state index contributed by atoms with van der Waals surface area (Å²) in [6.07, 6.45) is 0.943. The Kier molecular flexibility index (Phi) is 7.15. The monoisotopic (exact) mass is 362 g/mol. The number of halogens is 1. The van der Waals surface area contributed by atoms with Crippen molar-refractivity contribution < 1.29 is 9.59 Å². The number of nitrogens with two attached hydrogens (primary N) is 1. The molecule has 0 aromatic heterocycles. The van der Waals surface area contributed by atoms with Crippen molar-refractivity contribution in [3.8, 4) is 0 Å². The molecule has 0 aliphatic carbocycles. The molecule has 0 bridgehead atoms. The summed E-state index contributed by atoms with van der Waals surface area (Å²) in [5.41, 5.74) is 7.29. The quantitative estimate of drug-likeness (QED) is 0.727. The summed E-state index contributed by atoms with van der Waals surface area (Å²) in [5.74, 6) is 0.444. The van der Waals surface area contributed by atoms with E-state index in [9.17, 15) is 9.59 Å². The number of urea groups is 1. The van der Waals surface area contributed by atoms with E-state index in [2.05, 4.69) is 17.4 Å². The first-order chi connectivity index (χ1) is 11.6. The van der Waals surface area contributed by atoms with E-state index in [1.165, 1.54) is 5.56 Å². The van der Waals surface area contributed by atoms with E-state index in [-0.39, 0.29) is 17.6 Å². The van der Waals surface area contributed by atoms with Gasteiger partial charge in [-0.1, -0.05) is 54.1 Å². The molecule has 6 heteroatoms. The van der Waals surface area contributed by atoms with Crippen LogP contribution in [0.2, 0.25) is 5.02 Å². The highest BCUT2D eigenvalue weighted by molar-refractivity contribution is 7.99. The fraction of sp³-hybridized carbons (Fsp3) is 0.222. The van der Waals surface area contributed by atoms with Crippen LogP contribution in [0.1, 0.15) is 29.2 Å². The van der Waals surface area contributed by atoms with Gasteiger partial charge >= 0.3 is 6.03 Å². The van der Waals surface area contributed by atoms with Crippen molar-refractivity contribution in [2.75, 3.05) is 5.75 Å². The highest BCUT2D eigenvalue weighted by atomic mass is 35.5. The zero-order valence-electron chi connectivity index (χ0n) is 13.1. The molecule has 24 heavy (non-hydrogen) atoms. The Bertz CT molecular complexity index is 677. The van der Waals surface area contributed by atoms with Crippen molar-refractivity contribution in [3.05, 3.63) is 70.7 Å². The topological polar surface area (TPSA) is 72.2 Å². The Morgan fingerprint density at radius 1 is 1.04 bits per heavy atom. The van der Waals surface area contributed by atoms with Crippen LogP contribution in [0.25, 0.3) is 0 Å². The molecule has 0 fully saturated rings. The zero-order valence-corrected chi connectivity index (χ0v) is 14.6. The van der Waals surface area contributed by atoms with Gasteiger partial charge in [-0.05, 0) is 35.4 Å². The van der Waals surface area contributed by atoms with Gasteiger partial charge < -0.3 is 5.73 Å². The first kappa shape index (κ1) is 18.4. The molecule has 1 unspecified atom stereocenters. The van der Waals surface area contributed by atoms with Crippen LogP contribution in [0.5, 0.6) is 0 Å². The van der Waals surface area contributed by atoms with Crippen LogP contribution in [0.4, 0.5) is 4.79 Å². The van der Waals surface area contributed by atoms with Gasteiger partial charge in [-0.2, -0.15) is 0 Å². The summed E-state index contributed by atoms with van der Waals surface area (Å²) >= 11 is 7.73. The van der Waals surface area contributed by atoms with Gasteiger partial charge in [-0.3, -0.25) is 10.1 Å². The Morgan fingerprint density at radius 3 is 2.29 bits per heavy atom. The van der Waals surface area contributed by atoms with Crippen molar-refractivity contribution in [2.45, 2.75) is 18.1 Å². The summed E-state index contributed by atoms with van der Waals surface area (Å²) in [7, 11) is 0. The number of rotatable bonds is 7. The SMILES string of the molecule is NC(=O)NC(=O)CCCSC(c1ccccc1)c1ccc(Cl)cc1. The van der Waals surface area contributed by atoms with Gasteiger partial charge in [0.1, 0.15) is 0 Å². The van der Waals surface area contributed by atoms with E-state index >= 15 is 0 Å². The molecule has 3 amide bonds. The number of primary amides is 1. The second kappa shape index (κ2) is 9.35. The smallest absolute Gasteiger partial charge is 0.318 e. The average Bonchev–Trinajstić information content (AvgIpc) is 2.56. The van der Waals surface area contributed by atoms with Gasteiger partial charge in [-0.25, -0.2) is 4.79 Å². The fourth-order valence-corrected chi connectivity index (χ4v) is 3.66. The van der Waals surface area contributed by atoms with E-state index < -0.39 is 6.03 Å². The summed E-state index contributed by atoms with van der Waals surface area (Å²) < 4.78 is 0. The number of nitrogens with one attached hydrogen (secondary N) is 1. The van der Waals surface area contributed by atoms with Gasteiger partial charge in [0.25, 0.3) is 0 Å². The average molecular weight is 363 g/mol. The number of amides is 3. The van der Waals surface area contributed by atoms with Crippen LogP contribution in [0, 0.1) is 0 Å². The summed E-state index contributed by atoms with van der Waals surface area (Å²) in [4.78, 5) is 22.1. The standard InChI is InChI=1S/C18H19ClN2O2S/c19-15-10-8-14(9-11-15)17(13-5-2-1-3-6-13)24-12-4-7-16(22)21-18(20)23/h1-3,5-6,8-11,17H,4,7,12H2,(H3,20,21,22,23). The first-order valence-electron chi connectivity index (χ1n) is 7.57. The van der Waals surface area contributed by atoms with Crippen molar-refractivity contribution >= 4 is 35.3 Å². The van der Waals surface area contributed by atoms with Crippen molar-refractivity contribution in [2.24, 2.45) is 5.73 Å². The largest absolute Gasteiger partial charge is 0.351 e. The predicted molar refractivity (Wildman–Crippen MR) is 99.2 cm³/mol. The number of hydrogen-bond donors (Lipinski definition) is 2.